The number of ether oxygens (including phenoxy) is 1. The lowest BCUT2D eigenvalue weighted by Gasteiger charge is -2.45. The van der Waals surface area contributed by atoms with Crippen LogP contribution in [0.25, 0.3) is 0 Å². The van der Waals surface area contributed by atoms with E-state index in [0.29, 0.717) is 30.8 Å². The molecule has 1 N–H and O–H groups in total. The molecular weight excluding hydrogens is 360 g/mol. The first-order valence-electron chi connectivity index (χ1n) is 10.0. The minimum atomic E-state index is -0.819. The zero-order chi connectivity index (χ0) is 19.7. The van der Waals surface area contributed by atoms with E-state index in [2.05, 4.69) is 0 Å². The monoisotopic (exact) mass is 386 g/mol. The van der Waals surface area contributed by atoms with Gasteiger partial charge in [0.05, 0.1) is 30.4 Å². The minimum Gasteiger partial charge on any atom is -0.465 e. The molecule has 1 spiro atoms. The minimum absolute atomic E-state index is 0.151. The van der Waals surface area contributed by atoms with Crippen molar-refractivity contribution in [1.82, 2.24) is 9.80 Å². The fourth-order valence-corrected chi connectivity index (χ4v) is 4.80. The van der Waals surface area contributed by atoms with Gasteiger partial charge in [0, 0.05) is 13.1 Å². The highest BCUT2D eigenvalue weighted by atomic mass is 16.5. The summed E-state index contributed by atoms with van der Waals surface area (Å²) in [4.78, 5) is 38.6. The number of nitrogens with zero attached hydrogens (tertiary/aromatic N) is 2. The number of hydrogen-bond acceptors (Lipinski definition) is 4. The van der Waals surface area contributed by atoms with Gasteiger partial charge in [-0.3, -0.25) is 14.5 Å². The van der Waals surface area contributed by atoms with Crippen molar-refractivity contribution >= 4 is 17.9 Å². The molecule has 3 aliphatic rings. The third-order valence-corrected chi connectivity index (χ3v) is 6.63. The van der Waals surface area contributed by atoms with Crippen LogP contribution in [-0.2, 0) is 4.74 Å². The van der Waals surface area contributed by atoms with Gasteiger partial charge in [0.25, 0.3) is 11.8 Å². The summed E-state index contributed by atoms with van der Waals surface area (Å²) in [7, 11) is 0. The highest BCUT2D eigenvalue weighted by molar-refractivity contribution is 6.21. The van der Waals surface area contributed by atoms with Crippen LogP contribution in [0.2, 0.25) is 0 Å². The number of piperidine rings is 1. The zero-order valence-electron chi connectivity index (χ0n) is 15.9. The highest BCUT2D eigenvalue weighted by Crippen LogP contribution is 2.45. The fraction of sp³-hybridized carbons (Fsp3) is 0.571. The molecule has 1 aliphatic carbocycles. The molecule has 0 atom stereocenters. The van der Waals surface area contributed by atoms with Crippen LogP contribution in [0.4, 0.5) is 4.79 Å². The van der Waals surface area contributed by atoms with E-state index in [1.807, 2.05) is 0 Å². The summed E-state index contributed by atoms with van der Waals surface area (Å²) in [5.41, 5.74) is 1.20. The number of carbonyl (C=O) groups excluding carboxylic acids is 2. The van der Waals surface area contributed by atoms with Crippen LogP contribution in [0.15, 0.2) is 24.3 Å². The molecule has 2 aliphatic heterocycles. The number of carboxylic acid groups (broad SMARTS) is 1. The molecule has 1 saturated heterocycles. The molecule has 1 saturated carbocycles. The van der Waals surface area contributed by atoms with Crippen LogP contribution in [0.3, 0.4) is 0 Å². The van der Waals surface area contributed by atoms with E-state index < -0.39 is 6.09 Å². The Hall–Kier alpha value is -2.41. The molecule has 0 unspecified atom stereocenters. The van der Waals surface area contributed by atoms with E-state index in [1.54, 1.807) is 24.3 Å². The van der Waals surface area contributed by atoms with Gasteiger partial charge in [-0.05, 0) is 56.1 Å². The molecule has 3 amide bonds. The molecule has 4 rings (SSSR count). The van der Waals surface area contributed by atoms with Gasteiger partial charge in [-0.1, -0.05) is 12.1 Å². The van der Waals surface area contributed by atoms with Crippen molar-refractivity contribution in [2.45, 2.75) is 44.6 Å². The van der Waals surface area contributed by atoms with E-state index in [0.717, 1.165) is 38.5 Å². The van der Waals surface area contributed by atoms with Crippen LogP contribution in [0.5, 0.6) is 0 Å². The Bertz CT molecular complexity index is 740. The van der Waals surface area contributed by atoms with Crippen molar-refractivity contribution in [1.29, 1.82) is 0 Å². The number of benzene rings is 1. The average molecular weight is 386 g/mol. The van der Waals surface area contributed by atoms with Crippen molar-refractivity contribution in [3.63, 3.8) is 0 Å². The predicted molar refractivity (Wildman–Crippen MR) is 101 cm³/mol. The van der Waals surface area contributed by atoms with Gasteiger partial charge in [-0.25, -0.2) is 4.79 Å². The Balaban J connectivity index is 1.22. The Morgan fingerprint density at radius 2 is 1.61 bits per heavy atom. The summed E-state index contributed by atoms with van der Waals surface area (Å²) >= 11 is 0. The van der Waals surface area contributed by atoms with Crippen LogP contribution >= 0.6 is 0 Å². The maximum absolute atomic E-state index is 12.4. The Morgan fingerprint density at radius 3 is 2.14 bits per heavy atom. The SMILES string of the molecule is O=C(O)N1CCC2(CCC(OCCN3C(=O)c4ccccc4C3=O)CC2)CC1. The summed E-state index contributed by atoms with van der Waals surface area (Å²) in [6.45, 7) is 1.89. The van der Waals surface area contributed by atoms with Gasteiger partial charge in [0.15, 0.2) is 0 Å². The second-order valence-corrected chi connectivity index (χ2v) is 8.15. The van der Waals surface area contributed by atoms with E-state index >= 15 is 0 Å². The number of hydrogen-bond donors (Lipinski definition) is 1. The molecule has 7 nitrogen and oxygen atoms in total. The lowest BCUT2D eigenvalue weighted by Crippen LogP contribution is -2.44. The molecular formula is C21H26N2O5. The maximum atomic E-state index is 12.4. The Morgan fingerprint density at radius 1 is 1.04 bits per heavy atom. The second-order valence-electron chi connectivity index (χ2n) is 8.15. The smallest absolute Gasteiger partial charge is 0.407 e. The van der Waals surface area contributed by atoms with E-state index in [-0.39, 0.29) is 29.9 Å². The van der Waals surface area contributed by atoms with Gasteiger partial charge < -0.3 is 14.7 Å². The number of carbonyl (C=O) groups is 3. The third-order valence-electron chi connectivity index (χ3n) is 6.63. The van der Waals surface area contributed by atoms with Gasteiger partial charge >= 0.3 is 6.09 Å². The summed E-state index contributed by atoms with van der Waals surface area (Å²) in [5.74, 6) is -0.478. The van der Waals surface area contributed by atoms with Crippen molar-refractivity contribution in [2.75, 3.05) is 26.2 Å². The van der Waals surface area contributed by atoms with Gasteiger partial charge in [-0.15, -0.1) is 0 Å². The van der Waals surface area contributed by atoms with Crippen LogP contribution in [-0.4, -0.2) is 65.2 Å². The first-order chi connectivity index (χ1) is 13.5. The zero-order valence-corrected chi connectivity index (χ0v) is 15.9. The fourth-order valence-electron chi connectivity index (χ4n) is 4.80. The summed E-state index contributed by atoms with van der Waals surface area (Å²) < 4.78 is 5.98. The van der Waals surface area contributed by atoms with E-state index in [4.69, 9.17) is 9.84 Å². The van der Waals surface area contributed by atoms with Crippen molar-refractivity contribution in [2.24, 2.45) is 5.41 Å². The molecule has 0 aromatic heterocycles. The maximum Gasteiger partial charge on any atom is 0.407 e. The first kappa shape index (κ1) is 18.9. The lowest BCUT2D eigenvalue weighted by molar-refractivity contribution is -0.0247. The average Bonchev–Trinajstić information content (AvgIpc) is 2.95. The van der Waals surface area contributed by atoms with Crippen molar-refractivity contribution < 1.29 is 24.2 Å². The molecule has 2 heterocycles. The van der Waals surface area contributed by atoms with Crippen LogP contribution in [0, 0.1) is 5.41 Å². The van der Waals surface area contributed by atoms with Crippen LogP contribution < -0.4 is 0 Å². The Kier molecular flexibility index (Phi) is 5.10. The van der Waals surface area contributed by atoms with Crippen LogP contribution in [0.1, 0.15) is 59.2 Å². The van der Waals surface area contributed by atoms with Crippen molar-refractivity contribution in [3.8, 4) is 0 Å². The number of likely N-dealkylation sites (tertiary alicyclic amines) is 1. The summed E-state index contributed by atoms with van der Waals surface area (Å²) in [6, 6.07) is 6.91. The number of amides is 3. The standard InChI is InChI=1S/C21H26N2O5/c24-18-16-3-1-2-4-17(16)19(25)23(18)13-14-28-15-5-7-21(8-6-15)9-11-22(12-10-21)20(26)27/h1-4,15H,5-14H2,(H,26,27). The molecule has 28 heavy (non-hydrogen) atoms. The van der Waals surface area contributed by atoms with E-state index in [1.165, 1.54) is 9.80 Å². The number of rotatable bonds is 4. The van der Waals surface area contributed by atoms with E-state index in [9.17, 15) is 14.4 Å². The predicted octanol–water partition coefficient (Wildman–Crippen LogP) is 3.00. The quantitative estimate of drug-likeness (QED) is 0.804. The van der Waals surface area contributed by atoms with Gasteiger partial charge in [0.1, 0.15) is 0 Å². The summed E-state index contributed by atoms with van der Waals surface area (Å²) in [6.07, 6.45) is 5.21. The highest BCUT2D eigenvalue weighted by Gasteiger charge is 2.39. The first-order valence-corrected chi connectivity index (χ1v) is 10.0. The second kappa shape index (κ2) is 7.54. The summed E-state index contributed by atoms with van der Waals surface area (Å²) in [5, 5.41) is 9.10. The molecule has 2 fully saturated rings. The molecule has 1 aromatic carbocycles. The van der Waals surface area contributed by atoms with Gasteiger partial charge in [0.2, 0.25) is 0 Å². The largest absolute Gasteiger partial charge is 0.465 e. The molecule has 150 valence electrons. The van der Waals surface area contributed by atoms with Gasteiger partial charge in [-0.2, -0.15) is 0 Å². The molecule has 7 heteroatoms. The normalized spacial score (nSPS) is 22.0. The molecule has 0 radical (unpaired) electrons. The lowest BCUT2D eigenvalue weighted by atomic mass is 9.67. The van der Waals surface area contributed by atoms with Crippen molar-refractivity contribution in [3.05, 3.63) is 35.4 Å². The molecule has 1 aromatic rings. The molecule has 0 bridgehead atoms. The number of fused-ring (bicyclic) bond motifs is 1. The Labute approximate surface area is 164 Å². The third kappa shape index (κ3) is 3.51. The topological polar surface area (TPSA) is 87.2 Å². The number of imide groups is 1.